The van der Waals surface area contributed by atoms with Crippen LogP contribution in [0.3, 0.4) is 0 Å². The summed E-state index contributed by atoms with van der Waals surface area (Å²) in [7, 11) is 1.98. The molecule has 0 fully saturated rings. The predicted molar refractivity (Wildman–Crippen MR) is 61.3 cm³/mol. The van der Waals surface area contributed by atoms with E-state index in [0.29, 0.717) is 11.6 Å². The van der Waals surface area contributed by atoms with Crippen LogP contribution < -0.4 is 0 Å². The molecule has 1 N–H and O–H groups in total. The van der Waals surface area contributed by atoms with Gasteiger partial charge >= 0.3 is 0 Å². The van der Waals surface area contributed by atoms with E-state index in [4.69, 9.17) is 16.7 Å². The summed E-state index contributed by atoms with van der Waals surface area (Å²) in [6, 6.07) is 3.99. The van der Waals surface area contributed by atoms with Crippen LogP contribution in [0.4, 0.5) is 0 Å². The van der Waals surface area contributed by atoms with Gasteiger partial charge in [0.1, 0.15) is 5.15 Å². The lowest BCUT2D eigenvalue weighted by atomic mass is 10.2. The molecule has 0 aliphatic carbocycles. The second-order valence-electron chi connectivity index (χ2n) is 3.66. The smallest absolute Gasteiger partial charge is 0.138 e. The zero-order chi connectivity index (χ0) is 11.0. The number of pyridine rings is 1. The summed E-state index contributed by atoms with van der Waals surface area (Å²) in [5.41, 5.74) is 3.04. The van der Waals surface area contributed by atoms with E-state index in [1.165, 1.54) is 0 Å². The third-order valence-corrected chi connectivity index (χ3v) is 2.88. The maximum atomic E-state index is 8.93. The van der Waals surface area contributed by atoms with Crippen molar-refractivity contribution >= 4 is 22.5 Å². The van der Waals surface area contributed by atoms with Crippen molar-refractivity contribution in [2.75, 3.05) is 6.61 Å². The van der Waals surface area contributed by atoms with Crippen LogP contribution in [-0.4, -0.2) is 21.3 Å². The molecule has 0 atom stereocenters. The van der Waals surface area contributed by atoms with Crippen molar-refractivity contribution in [3.63, 3.8) is 0 Å². The van der Waals surface area contributed by atoms with E-state index in [1.807, 2.05) is 30.7 Å². The van der Waals surface area contributed by atoms with Gasteiger partial charge in [-0.15, -0.1) is 0 Å². The molecule has 0 saturated carbocycles. The first kappa shape index (κ1) is 10.5. The minimum atomic E-state index is 0.147. The van der Waals surface area contributed by atoms with E-state index in [-0.39, 0.29) is 6.61 Å². The molecule has 2 rings (SSSR count). The maximum absolute atomic E-state index is 8.93. The predicted octanol–water partition coefficient (Wildman–Crippen LogP) is 2.07. The van der Waals surface area contributed by atoms with Gasteiger partial charge < -0.3 is 9.67 Å². The Labute approximate surface area is 93.3 Å². The average Bonchev–Trinajstić information content (AvgIpc) is 2.47. The molecule has 0 bridgehead atoms. The summed E-state index contributed by atoms with van der Waals surface area (Å²) in [6.45, 7) is 2.07. The Morgan fingerprint density at radius 2 is 2.20 bits per heavy atom. The van der Waals surface area contributed by atoms with Crippen LogP contribution in [0.25, 0.3) is 10.9 Å². The van der Waals surface area contributed by atoms with Gasteiger partial charge in [0.05, 0.1) is 5.52 Å². The number of nitrogens with zero attached hydrogens (tertiary/aromatic N) is 2. The minimum Gasteiger partial charge on any atom is -0.396 e. The molecule has 80 valence electrons. The first-order valence-electron chi connectivity index (χ1n) is 4.86. The van der Waals surface area contributed by atoms with Crippen LogP contribution in [0.1, 0.15) is 11.4 Å². The lowest BCUT2D eigenvalue weighted by molar-refractivity contribution is 0.297. The Kier molecular flexibility index (Phi) is 2.67. The Balaban J connectivity index is 2.70. The lowest BCUT2D eigenvalue weighted by Crippen LogP contribution is -1.98. The molecule has 2 aromatic rings. The van der Waals surface area contributed by atoms with Gasteiger partial charge in [-0.05, 0) is 19.1 Å². The molecule has 3 nitrogen and oxygen atoms in total. The fourth-order valence-electron chi connectivity index (χ4n) is 1.81. The van der Waals surface area contributed by atoms with Gasteiger partial charge in [0, 0.05) is 36.8 Å². The van der Waals surface area contributed by atoms with E-state index in [9.17, 15) is 0 Å². The lowest BCUT2D eigenvalue weighted by Gasteiger charge is -2.02. The summed E-state index contributed by atoms with van der Waals surface area (Å²) in [6.07, 6.45) is 0.639. The normalized spacial score (nSPS) is 11.2. The number of hydrogen-bond acceptors (Lipinski definition) is 2. The minimum absolute atomic E-state index is 0.147. The average molecular weight is 225 g/mol. The van der Waals surface area contributed by atoms with Crippen LogP contribution in [0.2, 0.25) is 5.15 Å². The topological polar surface area (TPSA) is 38.0 Å². The molecule has 0 aliphatic rings. The van der Waals surface area contributed by atoms with Gasteiger partial charge in [-0.25, -0.2) is 4.98 Å². The molecule has 4 heteroatoms. The number of aliphatic hydroxyl groups excluding tert-OH is 1. The second kappa shape index (κ2) is 3.83. The summed E-state index contributed by atoms with van der Waals surface area (Å²) in [5.74, 6) is 0. The van der Waals surface area contributed by atoms with Crippen molar-refractivity contribution < 1.29 is 5.11 Å². The van der Waals surface area contributed by atoms with Crippen LogP contribution in [0.15, 0.2) is 12.1 Å². The van der Waals surface area contributed by atoms with Gasteiger partial charge in [0.15, 0.2) is 0 Å². The number of halogens is 1. The van der Waals surface area contributed by atoms with Gasteiger partial charge in [-0.1, -0.05) is 11.6 Å². The molecular formula is C11H13ClN2O. The molecule has 0 saturated heterocycles. The molecule has 2 heterocycles. The molecular weight excluding hydrogens is 212 g/mol. The van der Waals surface area contributed by atoms with E-state index < -0.39 is 0 Å². The Morgan fingerprint density at radius 3 is 2.87 bits per heavy atom. The molecule has 0 amide bonds. The highest BCUT2D eigenvalue weighted by atomic mass is 35.5. The molecule has 0 aromatic carbocycles. The van der Waals surface area contributed by atoms with Gasteiger partial charge in [0.25, 0.3) is 0 Å². The highest BCUT2D eigenvalue weighted by Gasteiger charge is 2.09. The zero-order valence-electron chi connectivity index (χ0n) is 8.79. The SMILES string of the molecule is Cc1cc2c(cc(CCO)n2C)c(Cl)n1. The van der Waals surface area contributed by atoms with E-state index in [2.05, 4.69) is 4.98 Å². The van der Waals surface area contributed by atoms with Gasteiger partial charge in [-0.2, -0.15) is 0 Å². The zero-order valence-corrected chi connectivity index (χ0v) is 9.54. The standard InChI is InChI=1S/C11H13ClN2O/c1-7-5-10-9(11(12)13-7)6-8(3-4-15)14(10)2/h5-6,15H,3-4H2,1-2H3. The van der Waals surface area contributed by atoms with Crippen LogP contribution in [0.5, 0.6) is 0 Å². The quantitative estimate of drug-likeness (QED) is 0.794. The van der Waals surface area contributed by atoms with E-state index in [1.54, 1.807) is 0 Å². The molecule has 15 heavy (non-hydrogen) atoms. The number of rotatable bonds is 2. The van der Waals surface area contributed by atoms with Crippen LogP contribution >= 0.6 is 11.6 Å². The highest BCUT2D eigenvalue weighted by molar-refractivity contribution is 6.34. The molecule has 2 aromatic heterocycles. The van der Waals surface area contributed by atoms with Crippen molar-refractivity contribution in [3.8, 4) is 0 Å². The summed E-state index contributed by atoms with van der Waals surface area (Å²) in [4.78, 5) is 4.21. The summed E-state index contributed by atoms with van der Waals surface area (Å²) in [5, 5.41) is 10.4. The van der Waals surface area contributed by atoms with Crippen molar-refractivity contribution in [2.24, 2.45) is 7.05 Å². The summed E-state index contributed by atoms with van der Waals surface area (Å²) < 4.78 is 2.05. The second-order valence-corrected chi connectivity index (χ2v) is 4.01. The van der Waals surface area contributed by atoms with Gasteiger partial charge in [0.2, 0.25) is 0 Å². The largest absolute Gasteiger partial charge is 0.396 e. The van der Waals surface area contributed by atoms with Crippen LogP contribution in [0, 0.1) is 6.92 Å². The molecule has 0 spiro atoms. The number of aliphatic hydroxyl groups is 1. The Bertz CT molecular complexity index is 505. The monoisotopic (exact) mass is 224 g/mol. The first-order chi connectivity index (χ1) is 7.13. The van der Waals surface area contributed by atoms with Crippen LogP contribution in [-0.2, 0) is 13.5 Å². The molecule has 0 unspecified atom stereocenters. The van der Waals surface area contributed by atoms with Gasteiger partial charge in [-0.3, -0.25) is 0 Å². The first-order valence-corrected chi connectivity index (χ1v) is 5.23. The van der Waals surface area contributed by atoms with E-state index >= 15 is 0 Å². The van der Waals surface area contributed by atoms with Crippen molar-refractivity contribution in [1.29, 1.82) is 0 Å². The Morgan fingerprint density at radius 1 is 1.47 bits per heavy atom. The number of aryl methyl sites for hydroxylation is 2. The fraction of sp³-hybridized carbons (Fsp3) is 0.364. The number of fused-ring (bicyclic) bond motifs is 1. The van der Waals surface area contributed by atoms with E-state index in [0.717, 1.165) is 22.3 Å². The Hall–Kier alpha value is -1.06. The highest BCUT2D eigenvalue weighted by Crippen LogP contribution is 2.25. The third-order valence-electron chi connectivity index (χ3n) is 2.59. The van der Waals surface area contributed by atoms with Crippen molar-refractivity contribution in [2.45, 2.75) is 13.3 Å². The van der Waals surface area contributed by atoms with Crippen molar-refractivity contribution in [1.82, 2.24) is 9.55 Å². The number of hydrogen-bond donors (Lipinski definition) is 1. The number of aromatic nitrogens is 2. The molecule has 0 aliphatic heterocycles. The maximum Gasteiger partial charge on any atom is 0.138 e. The summed E-state index contributed by atoms with van der Waals surface area (Å²) >= 11 is 6.06. The fourth-order valence-corrected chi connectivity index (χ4v) is 2.10. The van der Waals surface area contributed by atoms with Crippen molar-refractivity contribution in [3.05, 3.63) is 28.7 Å². The molecule has 0 radical (unpaired) electrons. The third kappa shape index (κ3) is 1.73.